The highest BCUT2D eigenvalue weighted by Crippen LogP contribution is 2.15. The van der Waals surface area contributed by atoms with Gasteiger partial charge in [0.05, 0.1) is 4.90 Å². The van der Waals surface area contributed by atoms with Crippen molar-refractivity contribution in [2.24, 2.45) is 0 Å². The van der Waals surface area contributed by atoms with Crippen LogP contribution in [0, 0.1) is 13.8 Å². The highest BCUT2D eigenvalue weighted by atomic mass is 32.2. The van der Waals surface area contributed by atoms with Crippen LogP contribution in [0.15, 0.2) is 23.1 Å². The summed E-state index contributed by atoms with van der Waals surface area (Å²) in [5.74, 6) is 0. The SMILES string of the molecule is CCCCCCCCCCCCNS(=O)(=O)c1ccc(C)c(C)c1. The standard InChI is InChI=1S/C20H35NO2S/c1-4-5-6-7-8-9-10-11-12-13-16-21-24(22,23)20-15-14-18(2)19(3)17-20/h14-15,17,21H,4-13,16H2,1-3H3. The molecule has 0 heterocycles. The van der Waals surface area contributed by atoms with E-state index in [1.807, 2.05) is 19.9 Å². The number of hydrogen-bond acceptors (Lipinski definition) is 2. The fourth-order valence-electron chi connectivity index (χ4n) is 2.78. The Kier molecular flexibility index (Phi) is 10.3. The van der Waals surface area contributed by atoms with E-state index < -0.39 is 10.0 Å². The van der Waals surface area contributed by atoms with Crippen molar-refractivity contribution in [2.45, 2.75) is 89.9 Å². The van der Waals surface area contributed by atoms with E-state index in [1.54, 1.807) is 12.1 Å². The molecule has 0 aliphatic rings. The van der Waals surface area contributed by atoms with Gasteiger partial charge in [-0.1, -0.05) is 70.8 Å². The third kappa shape index (κ3) is 8.29. The molecule has 24 heavy (non-hydrogen) atoms. The van der Waals surface area contributed by atoms with Crippen LogP contribution >= 0.6 is 0 Å². The van der Waals surface area contributed by atoms with Crippen LogP contribution in [-0.4, -0.2) is 15.0 Å². The predicted octanol–water partition coefficient (Wildman–Crippen LogP) is 5.50. The first kappa shape index (κ1) is 21.2. The molecule has 1 N–H and O–H groups in total. The molecule has 1 rings (SSSR count). The third-order valence-electron chi connectivity index (χ3n) is 4.61. The number of sulfonamides is 1. The average Bonchev–Trinajstić information content (AvgIpc) is 2.55. The maximum atomic E-state index is 12.2. The molecular weight excluding hydrogens is 318 g/mol. The van der Waals surface area contributed by atoms with Crippen molar-refractivity contribution in [1.29, 1.82) is 0 Å². The number of hydrogen-bond donors (Lipinski definition) is 1. The van der Waals surface area contributed by atoms with Gasteiger partial charge in [-0.2, -0.15) is 0 Å². The molecule has 0 saturated heterocycles. The monoisotopic (exact) mass is 353 g/mol. The second kappa shape index (κ2) is 11.6. The third-order valence-corrected chi connectivity index (χ3v) is 6.07. The molecule has 0 bridgehead atoms. The fraction of sp³-hybridized carbons (Fsp3) is 0.700. The fourth-order valence-corrected chi connectivity index (χ4v) is 3.94. The summed E-state index contributed by atoms with van der Waals surface area (Å²) in [7, 11) is -3.36. The summed E-state index contributed by atoms with van der Waals surface area (Å²) >= 11 is 0. The molecule has 1 aromatic rings. The zero-order chi connectivity index (χ0) is 17.8. The number of nitrogens with one attached hydrogen (secondary N) is 1. The zero-order valence-electron chi connectivity index (χ0n) is 15.7. The Morgan fingerprint density at radius 1 is 0.792 bits per heavy atom. The van der Waals surface area contributed by atoms with Gasteiger partial charge in [-0.25, -0.2) is 13.1 Å². The van der Waals surface area contributed by atoms with Crippen LogP contribution in [0.2, 0.25) is 0 Å². The molecule has 0 aromatic heterocycles. The lowest BCUT2D eigenvalue weighted by molar-refractivity contribution is 0.549. The minimum Gasteiger partial charge on any atom is -0.211 e. The lowest BCUT2D eigenvalue weighted by Gasteiger charge is -2.08. The summed E-state index contributed by atoms with van der Waals surface area (Å²) in [6.07, 6.45) is 12.6. The minimum absolute atomic E-state index is 0.373. The van der Waals surface area contributed by atoms with Gasteiger partial charge in [0.1, 0.15) is 0 Å². The molecule has 0 radical (unpaired) electrons. The van der Waals surface area contributed by atoms with Gasteiger partial charge in [0.2, 0.25) is 10.0 Å². The first-order chi connectivity index (χ1) is 11.5. The topological polar surface area (TPSA) is 46.2 Å². The Balaban J connectivity index is 2.13. The molecule has 3 nitrogen and oxygen atoms in total. The van der Waals surface area contributed by atoms with E-state index in [2.05, 4.69) is 11.6 Å². The van der Waals surface area contributed by atoms with E-state index in [1.165, 1.54) is 51.4 Å². The van der Waals surface area contributed by atoms with Crippen LogP contribution in [0.3, 0.4) is 0 Å². The van der Waals surface area contributed by atoms with Crippen molar-refractivity contribution in [2.75, 3.05) is 6.54 Å². The molecule has 4 heteroatoms. The summed E-state index contributed by atoms with van der Waals surface area (Å²) in [5.41, 5.74) is 2.13. The lowest BCUT2D eigenvalue weighted by Crippen LogP contribution is -2.24. The normalized spacial score (nSPS) is 11.8. The Morgan fingerprint density at radius 3 is 1.88 bits per heavy atom. The molecule has 0 saturated carbocycles. The smallest absolute Gasteiger partial charge is 0.211 e. The highest BCUT2D eigenvalue weighted by molar-refractivity contribution is 7.89. The van der Waals surface area contributed by atoms with Gasteiger partial charge >= 0.3 is 0 Å². The van der Waals surface area contributed by atoms with Crippen molar-refractivity contribution in [1.82, 2.24) is 4.72 Å². The Bertz CT molecular complexity index is 567. The van der Waals surface area contributed by atoms with Crippen LogP contribution in [0.4, 0.5) is 0 Å². The van der Waals surface area contributed by atoms with Crippen molar-refractivity contribution in [3.63, 3.8) is 0 Å². The van der Waals surface area contributed by atoms with E-state index in [0.29, 0.717) is 11.4 Å². The van der Waals surface area contributed by atoms with E-state index in [0.717, 1.165) is 24.0 Å². The van der Waals surface area contributed by atoms with E-state index >= 15 is 0 Å². The summed E-state index contributed by atoms with van der Waals surface area (Å²) in [4.78, 5) is 0.373. The van der Waals surface area contributed by atoms with Crippen molar-refractivity contribution >= 4 is 10.0 Å². The molecule has 0 fully saturated rings. The lowest BCUT2D eigenvalue weighted by atomic mass is 10.1. The van der Waals surface area contributed by atoms with E-state index in [-0.39, 0.29) is 0 Å². The summed E-state index contributed by atoms with van der Waals surface area (Å²) in [5, 5.41) is 0. The van der Waals surface area contributed by atoms with Crippen LogP contribution in [0.25, 0.3) is 0 Å². The summed E-state index contributed by atoms with van der Waals surface area (Å²) < 4.78 is 27.2. The second-order valence-corrected chi connectivity index (χ2v) is 8.59. The Morgan fingerprint density at radius 2 is 1.33 bits per heavy atom. The Labute approximate surface area is 149 Å². The molecule has 138 valence electrons. The van der Waals surface area contributed by atoms with E-state index in [4.69, 9.17) is 0 Å². The maximum absolute atomic E-state index is 12.2. The van der Waals surface area contributed by atoms with Gasteiger partial charge in [0.15, 0.2) is 0 Å². The largest absolute Gasteiger partial charge is 0.240 e. The molecule has 0 atom stereocenters. The first-order valence-electron chi connectivity index (χ1n) is 9.54. The zero-order valence-corrected chi connectivity index (χ0v) is 16.6. The number of aryl methyl sites for hydroxylation is 2. The predicted molar refractivity (Wildman–Crippen MR) is 103 cm³/mol. The van der Waals surface area contributed by atoms with Crippen LogP contribution in [0.1, 0.15) is 82.3 Å². The molecule has 0 amide bonds. The number of benzene rings is 1. The molecule has 0 unspecified atom stereocenters. The van der Waals surface area contributed by atoms with Gasteiger partial charge in [0.25, 0.3) is 0 Å². The minimum atomic E-state index is -3.36. The summed E-state index contributed by atoms with van der Waals surface area (Å²) in [6.45, 7) is 6.71. The summed E-state index contributed by atoms with van der Waals surface area (Å²) in [6, 6.07) is 5.30. The van der Waals surface area contributed by atoms with Crippen molar-refractivity contribution in [3.05, 3.63) is 29.3 Å². The molecule has 0 aliphatic heterocycles. The number of rotatable bonds is 13. The van der Waals surface area contributed by atoms with Gasteiger partial charge in [-0.05, 0) is 43.5 Å². The first-order valence-corrected chi connectivity index (χ1v) is 11.0. The van der Waals surface area contributed by atoms with Crippen LogP contribution < -0.4 is 4.72 Å². The van der Waals surface area contributed by atoms with Gasteiger partial charge in [0, 0.05) is 6.54 Å². The van der Waals surface area contributed by atoms with Crippen molar-refractivity contribution in [3.8, 4) is 0 Å². The average molecular weight is 354 g/mol. The quantitative estimate of drug-likeness (QED) is 0.476. The second-order valence-electron chi connectivity index (χ2n) is 6.83. The van der Waals surface area contributed by atoms with Gasteiger partial charge in [-0.3, -0.25) is 0 Å². The number of unbranched alkanes of at least 4 members (excludes halogenated alkanes) is 9. The highest BCUT2D eigenvalue weighted by Gasteiger charge is 2.13. The Hall–Kier alpha value is -0.870. The van der Waals surface area contributed by atoms with Gasteiger partial charge < -0.3 is 0 Å². The van der Waals surface area contributed by atoms with E-state index in [9.17, 15) is 8.42 Å². The van der Waals surface area contributed by atoms with Gasteiger partial charge in [-0.15, -0.1) is 0 Å². The van der Waals surface area contributed by atoms with Crippen molar-refractivity contribution < 1.29 is 8.42 Å². The van der Waals surface area contributed by atoms with Crippen LogP contribution in [-0.2, 0) is 10.0 Å². The molecule has 0 spiro atoms. The molecule has 0 aliphatic carbocycles. The van der Waals surface area contributed by atoms with Crippen LogP contribution in [0.5, 0.6) is 0 Å². The molecular formula is C20H35NO2S. The maximum Gasteiger partial charge on any atom is 0.240 e. The molecule has 1 aromatic carbocycles.